The Labute approximate surface area is 102 Å². The van der Waals surface area contributed by atoms with Crippen LogP contribution in [-0.4, -0.2) is 11.0 Å². The van der Waals surface area contributed by atoms with Gasteiger partial charge < -0.3 is 5.73 Å². The molecule has 1 unspecified atom stereocenters. The van der Waals surface area contributed by atoms with E-state index in [2.05, 4.69) is 20.8 Å². The number of nitro benzene ring substituents is 1. The molecule has 1 atom stereocenters. The number of benzene rings is 1. The van der Waals surface area contributed by atoms with E-state index in [1.165, 1.54) is 0 Å². The van der Waals surface area contributed by atoms with Gasteiger partial charge in [0.15, 0.2) is 0 Å². The maximum Gasteiger partial charge on any atom is 0.272 e. The summed E-state index contributed by atoms with van der Waals surface area (Å²) in [4.78, 5) is 10.3. The minimum absolute atomic E-state index is 0.0374. The van der Waals surface area contributed by atoms with Crippen LogP contribution in [0.1, 0.15) is 31.9 Å². The molecule has 0 heterocycles. The molecule has 0 aliphatic rings. The molecule has 0 spiro atoms. The molecule has 4 nitrogen and oxygen atoms in total. The molecular weight excluding hydrogens is 216 g/mol. The maximum absolute atomic E-state index is 10.7. The highest BCUT2D eigenvalue weighted by Crippen LogP contribution is 2.23. The number of hydrogen-bond donors (Lipinski definition) is 1. The largest absolute Gasteiger partial charge is 0.327 e. The first-order valence-corrected chi connectivity index (χ1v) is 5.71. The van der Waals surface area contributed by atoms with Crippen LogP contribution in [-0.2, 0) is 6.42 Å². The zero-order valence-electron chi connectivity index (χ0n) is 10.9. The van der Waals surface area contributed by atoms with Crippen LogP contribution in [0.5, 0.6) is 0 Å². The molecule has 0 bridgehead atoms. The lowest BCUT2D eigenvalue weighted by molar-refractivity contribution is -0.385. The highest BCUT2D eigenvalue weighted by Gasteiger charge is 2.21. The fourth-order valence-corrected chi connectivity index (χ4v) is 1.61. The Hall–Kier alpha value is -1.42. The van der Waals surface area contributed by atoms with Gasteiger partial charge in [-0.05, 0) is 30.4 Å². The predicted octanol–water partition coefficient (Wildman–Crippen LogP) is 2.82. The van der Waals surface area contributed by atoms with Crippen molar-refractivity contribution in [3.05, 3.63) is 39.4 Å². The molecule has 0 radical (unpaired) electrons. The van der Waals surface area contributed by atoms with Crippen molar-refractivity contribution in [2.24, 2.45) is 11.1 Å². The molecule has 17 heavy (non-hydrogen) atoms. The molecule has 94 valence electrons. The van der Waals surface area contributed by atoms with Crippen molar-refractivity contribution < 1.29 is 4.92 Å². The molecule has 0 fully saturated rings. The van der Waals surface area contributed by atoms with Gasteiger partial charge in [-0.15, -0.1) is 0 Å². The molecule has 0 amide bonds. The molecule has 1 rings (SSSR count). The lowest BCUT2D eigenvalue weighted by atomic mass is 9.83. The molecule has 4 heteroatoms. The van der Waals surface area contributed by atoms with Crippen LogP contribution in [0.25, 0.3) is 0 Å². The number of aryl methyl sites for hydroxylation is 1. The zero-order chi connectivity index (χ0) is 13.2. The summed E-state index contributed by atoms with van der Waals surface area (Å²) in [5.41, 5.74) is 8.04. The Morgan fingerprint density at radius 3 is 2.41 bits per heavy atom. The first kappa shape index (κ1) is 13.6. The molecule has 1 aromatic rings. The summed E-state index contributed by atoms with van der Waals surface area (Å²) in [6, 6.07) is 5.24. The van der Waals surface area contributed by atoms with E-state index in [-0.39, 0.29) is 22.1 Å². The minimum atomic E-state index is -0.358. The lowest BCUT2D eigenvalue weighted by Gasteiger charge is -2.27. The van der Waals surface area contributed by atoms with E-state index in [1.807, 2.05) is 6.07 Å². The van der Waals surface area contributed by atoms with Crippen molar-refractivity contribution in [1.29, 1.82) is 0 Å². The zero-order valence-corrected chi connectivity index (χ0v) is 10.9. The van der Waals surface area contributed by atoms with Crippen LogP contribution in [0, 0.1) is 22.5 Å². The first-order chi connectivity index (χ1) is 7.71. The van der Waals surface area contributed by atoms with E-state index in [4.69, 9.17) is 5.73 Å². The summed E-state index contributed by atoms with van der Waals surface area (Å²) in [5.74, 6) is 0. The summed E-state index contributed by atoms with van der Waals surface area (Å²) in [5, 5.41) is 10.7. The second-order valence-corrected chi connectivity index (χ2v) is 5.55. The van der Waals surface area contributed by atoms with Crippen molar-refractivity contribution in [3.63, 3.8) is 0 Å². The van der Waals surface area contributed by atoms with E-state index in [0.717, 1.165) is 12.0 Å². The summed E-state index contributed by atoms with van der Waals surface area (Å²) < 4.78 is 0. The summed E-state index contributed by atoms with van der Waals surface area (Å²) >= 11 is 0. The van der Waals surface area contributed by atoms with Crippen LogP contribution in [0.3, 0.4) is 0 Å². The second-order valence-electron chi connectivity index (χ2n) is 5.55. The van der Waals surface area contributed by atoms with Gasteiger partial charge in [-0.1, -0.05) is 26.8 Å². The standard InChI is InChI=1S/C13H20N2O2/c1-9-7-10(5-6-11(9)15(16)17)8-12(14)13(2,3)4/h5-7,12H,8,14H2,1-4H3. The number of nitrogens with two attached hydrogens (primary N) is 1. The monoisotopic (exact) mass is 236 g/mol. The quantitative estimate of drug-likeness (QED) is 0.648. The molecule has 0 saturated heterocycles. The molecular formula is C13H20N2O2. The Kier molecular flexibility index (Phi) is 3.88. The van der Waals surface area contributed by atoms with E-state index in [1.54, 1.807) is 19.1 Å². The van der Waals surface area contributed by atoms with Crippen molar-refractivity contribution in [3.8, 4) is 0 Å². The van der Waals surface area contributed by atoms with Crippen molar-refractivity contribution in [1.82, 2.24) is 0 Å². The summed E-state index contributed by atoms with van der Waals surface area (Å²) in [6.45, 7) is 8.03. The van der Waals surface area contributed by atoms with Gasteiger partial charge in [0.25, 0.3) is 5.69 Å². The molecule has 0 saturated carbocycles. The number of nitro groups is 1. The second kappa shape index (κ2) is 4.84. The van der Waals surface area contributed by atoms with Crippen molar-refractivity contribution in [2.75, 3.05) is 0 Å². The number of hydrogen-bond acceptors (Lipinski definition) is 3. The van der Waals surface area contributed by atoms with Crippen molar-refractivity contribution >= 4 is 5.69 Å². The summed E-state index contributed by atoms with van der Waals surface area (Å²) in [7, 11) is 0. The first-order valence-electron chi connectivity index (χ1n) is 5.71. The van der Waals surface area contributed by atoms with E-state index in [9.17, 15) is 10.1 Å². The van der Waals surface area contributed by atoms with Gasteiger partial charge in [-0.2, -0.15) is 0 Å². The maximum atomic E-state index is 10.7. The van der Waals surface area contributed by atoms with Gasteiger partial charge in [0.2, 0.25) is 0 Å². The molecule has 1 aromatic carbocycles. The van der Waals surface area contributed by atoms with Gasteiger partial charge in [0.1, 0.15) is 0 Å². The average molecular weight is 236 g/mol. The third-order valence-electron chi connectivity index (χ3n) is 3.03. The van der Waals surface area contributed by atoms with Gasteiger partial charge >= 0.3 is 0 Å². The number of nitrogens with zero attached hydrogens (tertiary/aromatic N) is 1. The Balaban J connectivity index is 2.88. The Morgan fingerprint density at radius 1 is 1.41 bits per heavy atom. The van der Waals surface area contributed by atoms with Crippen LogP contribution < -0.4 is 5.73 Å². The minimum Gasteiger partial charge on any atom is -0.327 e. The van der Waals surface area contributed by atoms with E-state index in [0.29, 0.717) is 5.56 Å². The molecule has 0 aromatic heterocycles. The van der Waals surface area contributed by atoms with Gasteiger partial charge in [-0.3, -0.25) is 10.1 Å². The van der Waals surface area contributed by atoms with Crippen LogP contribution in [0.4, 0.5) is 5.69 Å². The highest BCUT2D eigenvalue weighted by molar-refractivity contribution is 5.42. The van der Waals surface area contributed by atoms with Gasteiger partial charge in [0, 0.05) is 17.7 Å². The fourth-order valence-electron chi connectivity index (χ4n) is 1.61. The van der Waals surface area contributed by atoms with Crippen LogP contribution in [0.2, 0.25) is 0 Å². The lowest BCUT2D eigenvalue weighted by Crippen LogP contribution is -2.36. The van der Waals surface area contributed by atoms with Crippen LogP contribution in [0.15, 0.2) is 18.2 Å². The molecule has 2 N–H and O–H groups in total. The van der Waals surface area contributed by atoms with Gasteiger partial charge in [0.05, 0.1) is 4.92 Å². The Bertz CT molecular complexity index is 422. The normalized spacial score (nSPS) is 13.5. The highest BCUT2D eigenvalue weighted by atomic mass is 16.6. The average Bonchev–Trinajstić information content (AvgIpc) is 2.15. The number of rotatable bonds is 3. The third kappa shape index (κ3) is 3.53. The van der Waals surface area contributed by atoms with E-state index < -0.39 is 0 Å². The van der Waals surface area contributed by atoms with Crippen LogP contribution >= 0.6 is 0 Å². The smallest absolute Gasteiger partial charge is 0.272 e. The fraction of sp³-hybridized carbons (Fsp3) is 0.538. The third-order valence-corrected chi connectivity index (χ3v) is 3.03. The Morgan fingerprint density at radius 2 is 2.00 bits per heavy atom. The SMILES string of the molecule is Cc1cc(CC(N)C(C)(C)C)ccc1[N+](=O)[O-]. The van der Waals surface area contributed by atoms with Crippen molar-refractivity contribution in [2.45, 2.75) is 40.2 Å². The van der Waals surface area contributed by atoms with E-state index >= 15 is 0 Å². The molecule has 0 aliphatic carbocycles. The molecule has 0 aliphatic heterocycles. The predicted molar refractivity (Wildman–Crippen MR) is 69.0 cm³/mol. The topological polar surface area (TPSA) is 69.2 Å². The summed E-state index contributed by atoms with van der Waals surface area (Å²) in [6.07, 6.45) is 0.738. The van der Waals surface area contributed by atoms with Gasteiger partial charge in [-0.25, -0.2) is 0 Å².